The predicted molar refractivity (Wildman–Crippen MR) is 98.3 cm³/mol. The molecule has 4 nitrogen and oxygen atoms in total. The summed E-state index contributed by atoms with van der Waals surface area (Å²) in [5.41, 5.74) is 2.90. The minimum Gasteiger partial charge on any atom is -0.337 e. The van der Waals surface area contributed by atoms with E-state index in [4.69, 9.17) is 0 Å². The van der Waals surface area contributed by atoms with Gasteiger partial charge in [0.2, 0.25) is 0 Å². The molecule has 126 valence electrons. The molecule has 1 amide bonds. The van der Waals surface area contributed by atoms with Crippen molar-refractivity contribution in [3.05, 3.63) is 72.2 Å². The van der Waals surface area contributed by atoms with Gasteiger partial charge in [-0.15, -0.1) is 0 Å². The largest absolute Gasteiger partial charge is 0.337 e. The Labute approximate surface area is 147 Å². The molecule has 25 heavy (non-hydrogen) atoms. The zero-order valence-electron chi connectivity index (χ0n) is 14.1. The van der Waals surface area contributed by atoms with E-state index in [0.29, 0.717) is 11.6 Å². The molecule has 4 rings (SSSR count). The number of hydrogen-bond acceptors (Lipinski definition) is 3. The van der Waals surface area contributed by atoms with Gasteiger partial charge >= 0.3 is 0 Å². The number of fused-ring (bicyclic) bond motifs is 1. The van der Waals surface area contributed by atoms with Gasteiger partial charge in [-0.05, 0) is 55.0 Å². The Kier molecular flexibility index (Phi) is 4.42. The Hall–Kier alpha value is -2.75. The third-order valence-corrected chi connectivity index (χ3v) is 4.93. The Bertz CT molecular complexity index is 873. The average molecular weight is 331 g/mol. The van der Waals surface area contributed by atoms with Gasteiger partial charge in [0.1, 0.15) is 5.69 Å². The van der Waals surface area contributed by atoms with Gasteiger partial charge in [0.05, 0.1) is 5.52 Å². The van der Waals surface area contributed by atoms with Crippen LogP contribution in [0.1, 0.15) is 28.9 Å². The van der Waals surface area contributed by atoms with E-state index < -0.39 is 0 Å². The molecule has 4 heteroatoms. The van der Waals surface area contributed by atoms with Crippen molar-refractivity contribution in [3.63, 3.8) is 0 Å². The first-order valence-electron chi connectivity index (χ1n) is 8.84. The van der Waals surface area contributed by atoms with Gasteiger partial charge in [0, 0.05) is 30.9 Å². The van der Waals surface area contributed by atoms with Gasteiger partial charge < -0.3 is 4.90 Å². The lowest BCUT2D eigenvalue weighted by atomic mass is 9.89. The van der Waals surface area contributed by atoms with E-state index in [2.05, 4.69) is 34.2 Å². The molecule has 1 saturated heterocycles. The van der Waals surface area contributed by atoms with Crippen LogP contribution >= 0.6 is 0 Å². The Morgan fingerprint density at radius 2 is 1.96 bits per heavy atom. The van der Waals surface area contributed by atoms with Crippen molar-refractivity contribution in [2.45, 2.75) is 19.3 Å². The minimum atomic E-state index is 0.0462. The van der Waals surface area contributed by atoms with E-state index in [1.165, 1.54) is 10.9 Å². The monoisotopic (exact) mass is 331 g/mol. The second-order valence-corrected chi connectivity index (χ2v) is 6.67. The number of piperidine rings is 1. The maximum Gasteiger partial charge on any atom is 0.272 e. The van der Waals surface area contributed by atoms with Crippen LogP contribution < -0.4 is 0 Å². The van der Waals surface area contributed by atoms with Crippen LogP contribution in [0.2, 0.25) is 0 Å². The third-order valence-electron chi connectivity index (χ3n) is 4.93. The molecule has 2 aromatic heterocycles. The molecule has 3 aromatic rings. The molecule has 0 bridgehead atoms. The number of aromatic nitrogens is 2. The van der Waals surface area contributed by atoms with Crippen molar-refractivity contribution in [1.29, 1.82) is 0 Å². The summed E-state index contributed by atoms with van der Waals surface area (Å²) in [5, 5.41) is 1.22. The van der Waals surface area contributed by atoms with Crippen molar-refractivity contribution < 1.29 is 4.79 Å². The van der Waals surface area contributed by atoms with Gasteiger partial charge in [0.15, 0.2) is 0 Å². The van der Waals surface area contributed by atoms with Crippen LogP contribution in [0, 0.1) is 5.92 Å². The molecule has 1 unspecified atom stereocenters. The number of nitrogens with zero attached hydrogens (tertiary/aromatic N) is 3. The van der Waals surface area contributed by atoms with Crippen molar-refractivity contribution in [3.8, 4) is 0 Å². The molecule has 0 saturated carbocycles. The zero-order chi connectivity index (χ0) is 17.1. The van der Waals surface area contributed by atoms with E-state index in [9.17, 15) is 4.79 Å². The van der Waals surface area contributed by atoms with E-state index in [1.807, 2.05) is 29.3 Å². The molecule has 0 spiro atoms. The fraction of sp³-hybridized carbons (Fsp3) is 0.286. The van der Waals surface area contributed by atoms with Crippen LogP contribution in [-0.4, -0.2) is 33.9 Å². The highest BCUT2D eigenvalue weighted by Crippen LogP contribution is 2.25. The molecule has 0 radical (unpaired) electrons. The van der Waals surface area contributed by atoms with Gasteiger partial charge in [-0.25, -0.2) is 0 Å². The van der Waals surface area contributed by atoms with E-state index in [1.54, 1.807) is 12.3 Å². The van der Waals surface area contributed by atoms with Crippen molar-refractivity contribution in [1.82, 2.24) is 14.9 Å². The predicted octanol–water partition coefficient (Wildman–Crippen LogP) is 3.72. The molecule has 1 atom stereocenters. The summed E-state index contributed by atoms with van der Waals surface area (Å²) in [4.78, 5) is 23.3. The Morgan fingerprint density at radius 1 is 1.04 bits per heavy atom. The molecule has 1 fully saturated rings. The standard InChI is InChI=1S/C21H21N3O/c25-21(20-9-1-2-11-23-20)24-13-5-6-16(15-24)14-17-7-3-10-19-18(17)8-4-12-22-19/h1-4,7-12,16H,5-6,13-15H2. The molecular weight excluding hydrogens is 310 g/mol. The first-order valence-corrected chi connectivity index (χ1v) is 8.84. The van der Waals surface area contributed by atoms with Gasteiger partial charge in [-0.1, -0.05) is 24.3 Å². The second kappa shape index (κ2) is 7.01. The lowest BCUT2D eigenvalue weighted by molar-refractivity contribution is 0.0667. The molecule has 1 aromatic carbocycles. The maximum absolute atomic E-state index is 12.7. The fourth-order valence-electron chi connectivity index (χ4n) is 3.72. The number of likely N-dealkylation sites (tertiary alicyclic amines) is 1. The highest BCUT2D eigenvalue weighted by atomic mass is 16.2. The summed E-state index contributed by atoms with van der Waals surface area (Å²) in [7, 11) is 0. The summed E-state index contributed by atoms with van der Waals surface area (Å²) >= 11 is 0. The van der Waals surface area contributed by atoms with Crippen LogP contribution in [0.3, 0.4) is 0 Å². The molecule has 1 aliphatic heterocycles. The maximum atomic E-state index is 12.7. The molecule has 3 heterocycles. The Balaban J connectivity index is 1.51. The highest BCUT2D eigenvalue weighted by molar-refractivity contribution is 5.92. The summed E-state index contributed by atoms with van der Waals surface area (Å²) in [6.45, 7) is 1.62. The molecule has 1 aliphatic rings. The summed E-state index contributed by atoms with van der Waals surface area (Å²) in [5.74, 6) is 0.525. The lowest BCUT2D eigenvalue weighted by Crippen LogP contribution is -2.40. The fourth-order valence-corrected chi connectivity index (χ4v) is 3.72. The lowest BCUT2D eigenvalue weighted by Gasteiger charge is -2.32. The van der Waals surface area contributed by atoms with Gasteiger partial charge in [0.25, 0.3) is 5.91 Å². The molecule has 0 aliphatic carbocycles. The first-order chi connectivity index (χ1) is 12.3. The normalized spacial score (nSPS) is 17.6. The summed E-state index contributed by atoms with van der Waals surface area (Å²) < 4.78 is 0. The van der Waals surface area contributed by atoms with Crippen LogP contribution in [-0.2, 0) is 6.42 Å². The second-order valence-electron chi connectivity index (χ2n) is 6.67. The van der Waals surface area contributed by atoms with Crippen LogP contribution in [0.4, 0.5) is 0 Å². The molecular formula is C21H21N3O. The quantitative estimate of drug-likeness (QED) is 0.735. The number of rotatable bonds is 3. The number of pyridine rings is 2. The van der Waals surface area contributed by atoms with Crippen LogP contribution in [0.25, 0.3) is 10.9 Å². The SMILES string of the molecule is O=C(c1ccccn1)N1CCCC(Cc2cccc3ncccc23)C1. The summed E-state index contributed by atoms with van der Waals surface area (Å²) in [6.07, 6.45) is 6.70. The van der Waals surface area contributed by atoms with Crippen molar-refractivity contribution in [2.24, 2.45) is 5.92 Å². The number of benzene rings is 1. The van der Waals surface area contributed by atoms with Crippen LogP contribution in [0.5, 0.6) is 0 Å². The highest BCUT2D eigenvalue weighted by Gasteiger charge is 2.25. The topological polar surface area (TPSA) is 46.1 Å². The van der Waals surface area contributed by atoms with Gasteiger partial charge in [-0.3, -0.25) is 14.8 Å². The Morgan fingerprint density at radius 3 is 2.84 bits per heavy atom. The first kappa shape index (κ1) is 15.8. The number of amides is 1. The smallest absolute Gasteiger partial charge is 0.272 e. The van der Waals surface area contributed by atoms with E-state index >= 15 is 0 Å². The zero-order valence-corrected chi connectivity index (χ0v) is 14.1. The number of hydrogen-bond donors (Lipinski definition) is 0. The van der Waals surface area contributed by atoms with E-state index in [0.717, 1.165) is 37.9 Å². The third kappa shape index (κ3) is 3.38. The summed E-state index contributed by atoms with van der Waals surface area (Å²) in [6, 6.07) is 15.9. The number of carbonyl (C=O) groups is 1. The average Bonchev–Trinajstić information content (AvgIpc) is 2.69. The van der Waals surface area contributed by atoms with Crippen LogP contribution in [0.15, 0.2) is 60.9 Å². The minimum absolute atomic E-state index is 0.0462. The molecule has 0 N–H and O–H groups in total. The van der Waals surface area contributed by atoms with Crippen molar-refractivity contribution >= 4 is 16.8 Å². The van der Waals surface area contributed by atoms with Gasteiger partial charge in [-0.2, -0.15) is 0 Å². The van der Waals surface area contributed by atoms with E-state index in [-0.39, 0.29) is 5.91 Å². The van der Waals surface area contributed by atoms with Crippen molar-refractivity contribution in [2.75, 3.05) is 13.1 Å². The number of carbonyl (C=O) groups excluding carboxylic acids is 1.